The van der Waals surface area contributed by atoms with Crippen LogP contribution in [-0.4, -0.2) is 37.7 Å². The van der Waals surface area contributed by atoms with E-state index in [1.807, 2.05) is 0 Å². The molecule has 0 atom stereocenters. The molecule has 0 aromatic rings. The maximum absolute atomic E-state index is 4.21. The second-order valence-corrected chi connectivity index (χ2v) is 0. The Labute approximate surface area is 85.1 Å². The molecule has 0 rings (SSSR count). The van der Waals surface area contributed by atoms with Crippen LogP contribution in [-0.2, 0) is 36.0 Å². The Balaban J connectivity index is -0.000000000833. The van der Waals surface area contributed by atoms with Gasteiger partial charge < -0.3 is 2.85 Å². The van der Waals surface area contributed by atoms with E-state index >= 15 is 0 Å². The average Bonchev–Trinajstić information content (AvgIpc) is 1.00. The number of hydrogen-bond acceptors (Lipinski definition) is 1. The molecule has 0 aliphatic carbocycles. The van der Waals surface area contributed by atoms with Gasteiger partial charge in [-0.05, 0) is 0 Å². The van der Waals surface area contributed by atoms with Gasteiger partial charge in [0.05, 0.1) is 0 Å². The van der Waals surface area contributed by atoms with Crippen LogP contribution >= 0.6 is 10.1 Å². The van der Waals surface area contributed by atoms with Crippen molar-refractivity contribution < 1.29 is 38.9 Å². The summed E-state index contributed by atoms with van der Waals surface area (Å²) < 4.78 is 0. The Bertz CT molecular complexity index is 11.5. The van der Waals surface area contributed by atoms with Crippen molar-refractivity contribution in [3.63, 3.8) is 0 Å². The summed E-state index contributed by atoms with van der Waals surface area (Å²) in [4.78, 5) is 0. The molecule has 4 heteroatoms. The summed E-state index contributed by atoms with van der Waals surface area (Å²) in [5, 5.41) is 0. The maximum atomic E-state index is 4.21. The van der Waals surface area contributed by atoms with Crippen molar-refractivity contribution >= 4 is 47.9 Å². The average molecular weight is 205 g/mol. The first-order valence-electron chi connectivity index (χ1n) is 0.289. The molecule has 0 spiro atoms. The molecular formula is H2CaSZn2. The van der Waals surface area contributed by atoms with Crippen LogP contribution in [0.15, 0.2) is 0 Å². The van der Waals surface area contributed by atoms with Crippen LogP contribution in [0.2, 0.25) is 0 Å². The zero-order valence-electron chi connectivity index (χ0n) is 4.53. The van der Waals surface area contributed by atoms with Gasteiger partial charge >= 0.3 is 64.4 Å². The molecular weight excluding hydrogens is 203 g/mol. The smallest absolute Gasteiger partial charge is 0 e. The molecule has 0 aromatic carbocycles. The van der Waals surface area contributed by atoms with E-state index in [2.05, 4.69) is 10.1 Å². The summed E-state index contributed by atoms with van der Waals surface area (Å²) in [6.45, 7) is 0. The summed E-state index contributed by atoms with van der Waals surface area (Å²) in [6, 6.07) is 0. The third-order valence-electron chi connectivity index (χ3n) is 0. The third-order valence-corrected chi connectivity index (χ3v) is 0. The topological polar surface area (TPSA) is 0 Å². The monoisotopic (exact) mass is 202 g/mol. The van der Waals surface area contributed by atoms with Crippen molar-refractivity contribution in [1.29, 1.82) is 0 Å². The van der Waals surface area contributed by atoms with E-state index in [4.69, 9.17) is 0 Å². The predicted molar refractivity (Wildman–Crippen MR) is 15.6 cm³/mol. The van der Waals surface area contributed by atoms with Gasteiger partial charge in [-0.3, -0.25) is 0 Å². The van der Waals surface area contributed by atoms with Gasteiger partial charge in [0.2, 0.25) is 0 Å². The quantitative estimate of drug-likeness (QED) is 0.518. The van der Waals surface area contributed by atoms with Crippen LogP contribution in [0.1, 0.15) is 2.85 Å². The molecule has 0 aliphatic heterocycles. The zero-order chi connectivity index (χ0) is 2.00. The minimum absolute atomic E-state index is 0. The number of hydrogen-bond donors (Lipinski definition) is 0. The first-order valence-corrected chi connectivity index (χ1v) is 4.50. The van der Waals surface area contributed by atoms with Gasteiger partial charge in [-0.2, -0.15) is 0 Å². The molecule has 0 unspecified atom stereocenters. The Morgan fingerprint density at radius 2 is 1.50 bits per heavy atom. The van der Waals surface area contributed by atoms with E-state index in [0.717, 1.165) is 16.6 Å². The summed E-state index contributed by atoms with van der Waals surface area (Å²) in [7, 11) is 4.21. The minimum atomic E-state index is 0. The first-order chi connectivity index (χ1) is 1.00. The fourth-order valence-corrected chi connectivity index (χ4v) is 0. The third kappa shape index (κ3) is 8.83. The molecule has 0 heterocycles. The van der Waals surface area contributed by atoms with Crippen molar-refractivity contribution in [2.24, 2.45) is 0 Å². The van der Waals surface area contributed by atoms with Crippen molar-refractivity contribution in [2.45, 2.75) is 0 Å². The normalized spacial score (nSPS) is 1.50. The van der Waals surface area contributed by atoms with Crippen LogP contribution in [0.3, 0.4) is 0 Å². The molecule has 0 aliphatic rings. The summed E-state index contributed by atoms with van der Waals surface area (Å²) >= 11 is 0.958. The van der Waals surface area contributed by atoms with Crippen LogP contribution in [0.25, 0.3) is 0 Å². The second-order valence-electron chi connectivity index (χ2n) is 0. The fraction of sp³-hybridized carbons (Fsp3) is 0. The van der Waals surface area contributed by atoms with E-state index in [0.29, 0.717) is 0 Å². The fourth-order valence-electron chi connectivity index (χ4n) is 0. The molecule has 14 valence electrons. The van der Waals surface area contributed by atoms with Crippen molar-refractivity contribution in [2.75, 3.05) is 0 Å². The van der Waals surface area contributed by atoms with Gasteiger partial charge in [0.15, 0.2) is 0 Å². The predicted octanol–water partition coefficient (Wildman–Crippen LogP) is 0.487. The van der Waals surface area contributed by atoms with Gasteiger partial charge in [-0.1, -0.05) is 0 Å². The van der Waals surface area contributed by atoms with Crippen molar-refractivity contribution in [3.8, 4) is 0 Å². The molecule has 0 N–H and O–H groups in total. The van der Waals surface area contributed by atoms with Gasteiger partial charge in [-0.25, -0.2) is 0 Å². The van der Waals surface area contributed by atoms with Crippen LogP contribution in [0.5, 0.6) is 0 Å². The molecule has 0 nitrogen and oxygen atoms in total. The van der Waals surface area contributed by atoms with E-state index in [1.54, 1.807) is 0 Å². The maximum Gasteiger partial charge on any atom is 0 e. The summed E-state index contributed by atoms with van der Waals surface area (Å²) in [5.74, 6) is 0. The van der Waals surface area contributed by atoms with Crippen molar-refractivity contribution in [3.05, 3.63) is 0 Å². The Kier molecular flexibility index (Phi) is 68.3. The molecule has 0 bridgehead atoms. The molecule has 0 amide bonds. The van der Waals surface area contributed by atoms with Crippen LogP contribution in [0, 0.1) is 0 Å². The van der Waals surface area contributed by atoms with Gasteiger partial charge in [-0.15, -0.1) is 0 Å². The van der Waals surface area contributed by atoms with E-state index < -0.39 is 0 Å². The molecule has 0 aromatic heterocycles. The Morgan fingerprint density at radius 1 is 1.50 bits per heavy atom. The van der Waals surface area contributed by atoms with Crippen molar-refractivity contribution in [1.82, 2.24) is 0 Å². The van der Waals surface area contributed by atoms with Gasteiger partial charge in [0, 0.05) is 19.5 Å². The van der Waals surface area contributed by atoms with E-state index in [9.17, 15) is 0 Å². The molecule has 4 heavy (non-hydrogen) atoms. The zero-order valence-corrected chi connectivity index (χ0v) is 11.5. The Hall–Kier alpha value is 2.73. The second kappa shape index (κ2) is 17.2. The summed E-state index contributed by atoms with van der Waals surface area (Å²) in [6.07, 6.45) is 0. The minimum Gasteiger partial charge on any atom is 0 e. The van der Waals surface area contributed by atoms with Crippen LogP contribution in [0.4, 0.5) is 0 Å². The largest absolute Gasteiger partial charge is 0 e. The van der Waals surface area contributed by atoms with Crippen LogP contribution < -0.4 is 0 Å². The van der Waals surface area contributed by atoms with E-state index in [1.165, 1.54) is 0 Å². The molecule has 0 saturated carbocycles. The number of rotatable bonds is 0. The summed E-state index contributed by atoms with van der Waals surface area (Å²) in [5.41, 5.74) is 0. The van der Waals surface area contributed by atoms with Gasteiger partial charge in [0.25, 0.3) is 0 Å². The SMILES string of the molecule is [Ca+2].[H-].[H-].[S]=[Zn].[Zn]. The van der Waals surface area contributed by atoms with E-state index in [-0.39, 0.29) is 60.1 Å². The molecule has 0 saturated heterocycles. The standard InChI is InChI=1S/Ca.S.2Zn.2H/q+2;;;;2*-1. The van der Waals surface area contributed by atoms with Gasteiger partial charge in [0.1, 0.15) is 0 Å². The molecule has 0 fully saturated rings. The molecule has 0 radical (unpaired) electrons. The Morgan fingerprint density at radius 3 is 1.50 bits per heavy atom. The first kappa shape index (κ1) is 15.9.